The van der Waals surface area contributed by atoms with Gasteiger partial charge in [-0.05, 0) is 18.8 Å². The quantitative estimate of drug-likeness (QED) is 0.701. The molecule has 0 unspecified atom stereocenters. The zero-order valence-electron chi connectivity index (χ0n) is 7.69. The van der Waals surface area contributed by atoms with Crippen LogP contribution in [-0.2, 0) is 0 Å². The number of halogens is 2. The molecule has 1 nitrogen and oxygen atoms in total. The van der Waals surface area contributed by atoms with Crippen molar-refractivity contribution in [2.45, 2.75) is 45.1 Å². The summed E-state index contributed by atoms with van der Waals surface area (Å²) in [5.74, 6) is -2.31. The van der Waals surface area contributed by atoms with Crippen LogP contribution in [-0.4, -0.2) is 12.0 Å². The van der Waals surface area contributed by atoms with Gasteiger partial charge in [-0.3, -0.25) is 0 Å². The van der Waals surface area contributed by atoms with E-state index in [1.165, 1.54) is 0 Å². The summed E-state index contributed by atoms with van der Waals surface area (Å²) < 4.78 is 24.9. The number of alkyl halides is 2. The van der Waals surface area contributed by atoms with Crippen molar-refractivity contribution in [2.24, 2.45) is 17.6 Å². The Morgan fingerprint density at radius 3 is 2.33 bits per heavy atom. The molecule has 72 valence electrons. The minimum absolute atomic E-state index is 0.0385. The van der Waals surface area contributed by atoms with Crippen molar-refractivity contribution in [3.63, 3.8) is 0 Å². The van der Waals surface area contributed by atoms with Gasteiger partial charge in [0.05, 0.1) is 0 Å². The Bertz CT molecular complexity index is 157. The van der Waals surface area contributed by atoms with E-state index in [0.29, 0.717) is 12.3 Å². The van der Waals surface area contributed by atoms with Crippen molar-refractivity contribution in [3.8, 4) is 0 Å². The van der Waals surface area contributed by atoms with Crippen molar-refractivity contribution in [1.82, 2.24) is 0 Å². The molecule has 1 aliphatic carbocycles. The fourth-order valence-corrected chi connectivity index (χ4v) is 1.59. The van der Waals surface area contributed by atoms with Gasteiger partial charge in [-0.15, -0.1) is 0 Å². The van der Waals surface area contributed by atoms with Crippen LogP contribution in [0.4, 0.5) is 8.78 Å². The van der Waals surface area contributed by atoms with Crippen LogP contribution in [0.2, 0.25) is 0 Å². The third-order valence-corrected chi connectivity index (χ3v) is 2.32. The second-order valence-corrected chi connectivity index (χ2v) is 4.29. The van der Waals surface area contributed by atoms with Crippen LogP contribution in [0.3, 0.4) is 0 Å². The van der Waals surface area contributed by atoms with Gasteiger partial charge < -0.3 is 5.73 Å². The third kappa shape index (κ3) is 2.70. The minimum atomic E-state index is -2.39. The summed E-state index contributed by atoms with van der Waals surface area (Å²) in [5.41, 5.74) is 5.70. The summed E-state index contributed by atoms with van der Waals surface area (Å²) in [6, 6.07) is -0.0385. The molecule has 1 saturated carbocycles. The lowest BCUT2D eigenvalue weighted by Gasteiger charge is -2.12. The lowest BCUT2D eigenvalue weighted by Crippen LogP contribution is -2.23. The second kappa shape index (κ2) is 3.29. The first-order valence-electron chi connectivity index (χ1n) is 4.55. The van der Waals surface area contributed by atoms with Gasteiger partial charge in [0.2, 0.25) is 0 Å². The van der Waals surface area contributed by atoms with Crippen molar-refractivity contribution in [3.05, 3.63) is 0 Å². The number of hydrogen-bond donors (Lipinski definition) is 1. The average molecular weight is 177 g/mol. The fourth-order valence-electron chi connectivity index (χ4n) is 1.59. The first-order chi connectivity index (χ1) is 5.42. The van der Waals surface area contributed by atoms with Gasteiger partial charge >= 0.3 is 0 Å². The lowest BCUT2D eigenvalue weighted by atomic mass is 10.00. The van der Waals surface area contributed by atoms with Gasteiger partial charge in [0.25, 0.3) is 5.92 Å². The van der Waals surface area contributed by atoms with Crippen LogP contribution in [0.1, 0.15) is 33.1 Å². The molecule has 0 radical (unpaired) electrons. The summed E-state index contributed by atoms with van der Waals surface area (Å²) in [4.78, 5) is 0. The minimum Gasteiger partial charge on any atom is -0.328 e. The molecule has 12 heavy (non-hydrogen) atoms. The van der Waals surface area contributed by atoms with Gasteiger partial charge in [-0.2, -0.15) is 0 Å². The molecule has 0 saturated heterocycles. The van der Waals surface area contributed by atoms with E-state index >= 15 is 0 Å². The Hall–Kier alpha value is -0.180. The molecule has 1 rings (SSSR count). The predicted octanol–water partition coefficient (Wildman–Crippen LogP) is 2.41. The highest BCUT2D eigenvalue weighted by molar-refractivity contribution is 4.96. The molecule has 2 atom stereocenters. The number of hydrogen-bond acceptors (Lipinski definition) is 1. The van der Waals surface area contributed by atoms with Crippen LogP contribution in [0, 0.1) is 11.8 Å². The van der Waals surface area contributed by atoms with E-state index in [-0.39, 0.29) is 12.5 Å². The van der Waals surface area contributed by atoms with E-state index in [1.807, 2.05) is 0 Å². The topological polar surface area (TPSA) is 26.0 Å². The maximum Gasteiger partial charge on any atom is 0.251 e. The Balaban J connectivity index is 2.16. The molecule has 1 fully saturated rings. The summed E-state index contributed by atoms with van der Waals surface area (Å²) in [6.07, 6.45) is 1.40. The Kier molecular flexibility index (Phi) is 2.71. The van der Waals surface area contributed by atoms with Crippen molar-refractivity contribution in [2.75, 3.05) is 0 Å². The molecule has 2 N–H and O–H groups in total. The van der Waals surface area contributed by atoms with Crippen LogP contribution < -0.4 is 5.73 Å². The molecule has 0 heterocycles. The standard InChI is InChI=1S/C9H17F2N/c1-6(2)3-8(12)4-7-5-9(7,10)11/h6-8H,3-5,12H2,1-2H3/t7-,8+/m1/s1. The molecule has 0 aromatic rings. The van der Waals surface area contributed by atoms with E-state index in [9.17, 15) is 8.78 Å². The van der Waals surface area contributed by atoms with Crippen molar-refractivity contribution >= 4 is 0 Å². The lowest BCUT2D eigenvalue weighted by molar-refractivity contribution is 0.0948. The maximum atomic E-state index is 12.4. The first kappa shape index (κ1) is 9.90. The Morgan fingerprint density at radius 1 is 1.50 bits per heavy atom. The zero-order valence-corrected chi connectivity index (χ0v) is 7.69. The SMILES string of the molecule is CC(C)C[C@H](N)C[C@@H]1CC1(F)F. The Labute approximate surface area is 72.3 Å². The van der Waals surface area contributed by atoms with E-state index in [4.69, 9.17) is 5.73 Å². The summed E-state index contributed by atoms with van der Waals surface area (Å²) in [6.45, 7) is 4.12. The third-order valence-electron chi connectivity index (χ3n) is 2.32. The molecule has 0 amide bonds. The molecule has 0 spiro atoms. The first-order valence-corrected chi connectivity index (χ1v) is 4.55. The van der Waals surface area contributed by atoms with Gasteiger partial charge in [0.15, 0.2) is 0 Å². The molecule has 1 aliphatic rings. The van der Waals surface area contributed by atoms with Crippen LogP contribution in [0.5, 0.6) is 0 Å². The van der Waals surface area contributed by atoms with Crippen LogP contribution >= 0.6 is 0 Å². The summed E-state index contributed by atoms with van der Waals surface area (Å²) in [7, 11) is 0. The second-order valence-electron chi connectivity index (χ2n) is 4.29. The normalized spacial score (nSPS) is 29.0. The summed E-state index contributed by atoms with van der Waals surface area (Å²) >= 11 is 0. The van der Waals surface area contributed by atoms with Crippen molar-refractivity contribution < 1.29 is 8.78 Å². The van der Waals surface area contributed by atoms with Crippen LogP contribution in [0.25, 0.3) is 0 Å². The maximum absolute atomic E-state index is 12.4. The fraction of sp³-hybridized carbons (Fsp3) is 1.00. The predicted molar refractivity (Wildman–Crippen MR) is 45.1 cm³/mol. The van der Waals surface area contributed by atoms with Gasteiger partial charge in [-0.25, -0.2) is 8.78 Å². The van der Waals surface area contributed by atoms with Gasteiger partial charge in [0.1, 0.15) is 0 Å². The molecule has 0 aromatic carbocycles. The molecule has 0 aliphatic heterocycles. The van der Waals surface area contributed by atoms with E-state index in [2.05, 4.69) is 13.8 Å². The van der Waals surface area contributed by atoms with Crippen LogP contribution in [0.15, 0.2) is 0 Å². The number of rotatable bonds is 4. The molecule has 0 bridgehead atoms. The highest BCUT2D eigenvalue weighted by Gasteiger charge is 2.56. The smallest absolute Gasteiger partial charge is 0.251 e. The highest BCUT2D eigenvalue weighted by Crippen LogP contribution is 2.51. The van der Waals surface area contributed by atoms with E-state index in [0.717, 1.165) is 6.42 Å². The van der Waals surface area contributed by atoms with Crippen molar-refractivity contribution in [1.29, 1.82) is 0 Å². The molecular weight excluding hydrogens is 160 g/mol. The molecular formula is C9H17F2N. The summed E-state index contributed by atoms with van der Waals surface area (Å²) in [5, 5.41) is 0. The Morgan fingerprint density at radius 2 is 2.00 bits per heavy atom. The van der Waals surface area contributed by atoms with Gasteiger partial charge in [-0.1, -0.05) is 13.8 Å². The van der Waals surface area contributed by atoms with E-state index < -0.39 is 11.8 Å². The van der Waals surface area contributed by atoms with E-state index in [1.54, 1.807) is 0 Å². The number of nitrogens with two attached hydrogens (primary N) is 1. The largest absolute Gasteiger partial charge is 0.328 e. The molecule has 3 heteroatoms. The zero-order chi connectivity index (χ0) is 9.35. The van der Waals surface area contributed by atoms with Gasteiger partial charge in [0, 0.05) is 18.4 Å². The average Bonchev–Trinajstić information content (AvgIpc) is 2.35. The molecule has 0 aromatic heterocycles. The highest BCUT2D eigenvalue weighted by atomic mass is 19.3. The monoisotopic (exact) mass is 177 g/mol.